The second-order valence-electron chi connectivity index (χ2n) is 4.56. The van der Waals surface area contributed by atoms with Crippen molar-refractivity contribution in [1.29, 1.82) is 0 Å². The monoisotopic (exact) mass is 140 g/mol. The molecule has 1 aliphatic rings. The van der Waals surface area contributed by atoms with Gasteiger partial charge >= 0.3 is 0 Å². The largest absolute Gasteiger partial charge is 0.0654 e. The van der Waals surface area contributed by atoms with E-state index in [2.05, 4.69) is 20.8 Å². The number of hydrogen-bond donors (Lipinski definition) is 0. The Labute approximate surface area is 65.0 Å². The lowest BCUT2D eigenvalue weighted by Gasteiger charge is -2.23. The van der Waals surface area contributed by atoms with E-state index in [9.17, 15) is 0 Å². The third-order valence-electron chi connectivity index (χ3n) is 2.46. The smallest absolute Gasteiger partial charge is 0.0352 e. The van der Waals surface area contributed by atoms with Crippen LogP contribution in [0.2, 0.25) is 0 Å². The molecule has 0 heterocycles. The standard InChI is InChI=1S/C10H20/c1-4-7-10(2,3)8-9-5-6-9/h9H,4-8H2,1-3H3. The molecule has 0 unspecified atom stereocenters. The van der Waals surface area contributed by atoms with Gasteiger partial charge in [-0.2, -0.15) is 0 Å². The van der Waals surface area contributed by atoms with Crippen LogP contribution in [-0.2, 0) is 0 Å². The molecule has 0 N–H and O–H groups in total. The van der Waals surface area contributed by atoms with E-state index in [-0.39, 0.29) is 0 Å². The summed E-state index contributed by atoms with van der Waals surface area (Å²) in [7, 11) is 0. The highest BCUT2D eigenvalue weighted by atomic mass is 14.3. The molecule has 0 aromatic rings. The second-order valence-corrected chi connectivity index (χ2v) is 4.56. The minimum Gasteiger partial charge on any atom is -0.0654 e. The highest BCUT2D eigenvalue weighted by Gasteiger charge is 2.29. The molecule has 0 heteroatoms. The van der Waals surface area contributed by atoms with Crippen molar-refractivity contribution in [3.8, 4) is 0 Å². The molecule has 0 aliphatic heterocycles. The van der Waals surface area contributed by atoms with Crippen molar-refractivity contribution in [2.75, 3.05) is 0 Å². The minimum absolute atomic E-state index is 0.635. The van der Waals surface area contributed by atoms with E-state index >= 15 is 0 Å². The lowest BCUT2D eigenvalue weighted by molar-refractivity contribution is 0.287. The van der Waals surface area contributed by atoms with E-state index in [4.69, 9.17) is 0 Å². The molecule has 0 bridgehead atoms. The Morgan fingerprint density at radius 3 is 2.30 bits per heavy atom. The van der Waals surface area contributed by atoms with Gasteiger partial charge in [-0.3, -0.25) is 0 Å². The predicted octanol–water partition coefficient (Wildman–Crippen LogP) is 3.61. The van der Waals surface area contributed by atoms with Gasteiger partial charge in [0.15, 0.2) is 0 Å². The quantitative estimate of drug-likeness (QED) is 0.559. The summed E-state index contributed by atoms with van der Waals surface area (Å²) in [5.74, 6) is 1.10. The summed E-state index contributed by atoms with van der Waals surface area (Å²) in [4.78, 5) is 0. The SMILES string of the molecule is CCCC(C)(C)CC1CC1. The molecule has 1 saturated carbocycles. The van der Waals surface area contributed by atoms with Gasteiger partial charge in [-0.15, -0.1) is 0 Å². The summed E-state index contributed by atoms with van der Waals surface area (Å²) in [6.07, 6.45) is 7.24. The molecule has 60 valence electrons. The summed E-state index contributed by atoms with van der Waals surface area (Å²) in [5.41, 5.74) is 0.635. The average Bonchev–Trinajstić information content (AvgIpc) is 2.48. The van der Waals surface area contributed by atoms with Crippen molar-refractivity contribution in [1.82, 2.24) is 0 Å². The van der Waals surface area contributed by atoms with Gasteiger partial charge in [0, 0.05) is 0 Å². The Bertz CT molecular complexity index is 98.6. The Balaban J connectivity index is 2.19. The van der Waals surface area contributed by atoms with Crippen LogP contribution in [0.5, 0.6) is 0 Å². The Hall–Kier alpha value is 0. The highest BCUT2D eigenvalue weighted by molar-refractivity contribution is 4.80. The van der Waals surface area contributed by atoms with Crippen LogP contribution in [0.4, 0.5) is 0 Å². The lowest BCUT2D eigenvalue weighted by Crippen LogP contribution is -2.11. The van der Waals surface area contributed by atoms with Crippen LogP contribution in [0.15, 0.2) is 0 Å². The van der Waals surface area contributed by atoms with Gasteiger partial charge in [0.25, 0.3) is 0 Å². The molecule has 0 aromatic carbocycles. The fourth-order valence-corrected chi connectivity index (χ4v) is 1.88. The summed E-state index contributed by atoms with van der Waals surface area (Å²) in [6, 6.07) is 0. The van der Waals surface area contributed by atoms with Gasteiger partial charge in [0.1, 0.15) is 0 Å². The van der Waals surface area contributed by atoms with Crippen molar-refractivity contribution in [2.45, 2.75) is 52.9 Å². The van der Waals surface area contributed by atoms with Crippen molar-refractivity contribution in [3.63, 3.8) is 0 Å². The number of rotatable bonds is 4. The lowest BCUT2D eigenvalue weighted by atomic mass is 9.83. The molecule has 1 aliphatic carbocycles. The van der Waals surface area contributed by atoms with Crippen LogP contribution in [0, 0.1) is 11.3 Å². The van der Waals surface area contributed by atoms with Gasteiger partial charge in [-0.1, -0.05) is 40.0 Å². The van der Waals surface area contributed by atoms with Crippen LogP contribution in [0.1, 0.15) is 52.9 Å². The third kappa shape index (κ3) is 2.72. The van der Waals surface area contributed by atoms with E-state index in [0.29, 0.717) is 5.41 Å². The fraction of sp³-hybridized carbons (Fsp3) is 1.00. The van der Waals surface area contributed by atoms with Crippen LogP contribution < -0.4 is 0 Å². The Kier molecular flexibility index (Phi) is 2.38. The highest BCUT2D eigenvalue weighted by Crippen LogP contribution is 2.41. The first-order chi connectivity index (χ1) is 4.64. The maximum Gasteiger partial charge on any atom is -0.0352 e. The Morgan fingerprint density at radius 1 is 1.30 bits per heavy atom. The predicted molar refractivity (Wildman–Crippen MR) is 46.0 cm³/mol. The molecule has 0 radical (unpaired) electrons. The molecule has 0 atom stereocenters. The van der Waals surface area contributed by atoms with E-state index in [0.717, 1.165) is 5.92 Å². The summed E-state index contributed by atoms with van der Waals surface area (Å²) in [5, 5.41) is 0. The van der Waals surface area contributed by atoms with Gasteiger partial charge in [-0.25, -0.2) is 0 Å². The molecule has 0 spiro atoms. The molecule has 1 fully saturated rings. The van der Waals surface area contributed by atoms with Gasteiger partial charge in [0.05, 0.1) is 0 Å². The Morgan fingerprint density at radius 2 is 1.90 bits per heavy atom. The molecule has 10 heavy (non-hydrogen) atoms. The molecule has 0 amide bonds. The van der Waals surface area contributed by atoms with Gasteiger partial charge in [-0.05, 0) is 24.2 Å². The first kappa shape index (κ1) is 8.10. The molecule has 0 saturated heterocycles. The maximum absolute atomic E-state index is 2.41. The minimum atomic E-state index is 0.635. The normalized spacial score (nSPS) is 19.5. The van der Waals surface area contributed by atoms with E-state index in [1.807, 2.05) is 0 Å². The zero-order valence-electron chi connectivity index (χ0n) is 7.61. The zero-order valence-corrected chi connectivity index (χ0v) is 7.61. The van der Waals surface area contributed by atoms with Crippen LogP contribution in [0.25, 0.3) is 0 Å². The molecule has 1 rings (SSSR count). The zero-order chi connectivity index (χ0) is 7.61. The maximum atomic E-state index is 2.41. The van der Waals surface area contributed by atoms with E-state index < -0.39 is 0 Å². The molecule has 0 aromatic heterocycles. The van der Waals surface area contributed by atoms with Gasteiger partial charge in [0.2, 0.25) is 0 Å². The van der Waals surface area contributed by atoms with E-state index in [1.54, 1.807) is 0 Å². The first-order valence-corrected chi connectivity index (χ1v) is 4.64. The molecular weight excluding hydrogens is 120 g/mol. The first-order valence-electron chi connectivity index (χ1n) is 4.64. The topological polar surface area (TPSA) is 0 Å². The second kappa shape index (κ2) is 2.94. The number of hydrogen-bond acceptors (Lipinski definition) is 0. The van der Waals surface area contributed by atoms with Crippen LogP contribution in [-0.4, -0.2) is 0 Å². The third-order valence-corrected chi connectivity index (χ3v) is 2.46. The molecule has 0 nitrogen and oxygen atoms in total. The van der Waals surface area contributed by atoms with Crippen molar-refractivity contribution in [3.05, 3.63) is 0 Å². The summed E-state index contributed by atoms with van der Waals surface area (Å²) < 4.78 is 0. The van der Waals surface area contributed by atoms with Gasteiger partial charge < -0.3 is 0 Å². The molecular formula is C10H20. The summed E-state index contributed by atoms with van der Waals surface area (Å²) >= 11 is 0. The van der Waals surface area contributed by atoms with Crippen molar-refractivity contribution in [2.24, 2.45) is 11.3 Å². The van der Waals surface area contributed by atoms with Crippen LogP contribution in [0.3, 0.4) is 0 Å². The van der Waals surface area contributed by atoms with E-state index in [1.165, 1.54) is 32.1 Å². The average molecular weight is 140 g/mol. The van der Waals surface area contributed by atoms with Crippen molar-refractivity contribution < 1.29 is 0 Å². The van der Waals surface area contributed by atoms with Crippen LogP contribution >= 0.6 is 0 Å². The van der Waals surface area contributed by atoms with Crippen molar-refractivity contribution >= 4 is 0 Å². The summed E-state index contributed by atoms with van der Waals surface area (Å²) in [6.45, 7) is 7.11. The fourth-order valence-electron chi connectivity index (χ4n) is 1.88.